The summed E-state index contributed by atoms with van der Waals surface area (Å²) in [6.45, 7) is 0. The van der Waals surface area contributed by atoms with Gasteiger partial charge in [0.15, 0.2) is 0 Å². The summed E-state index contributed by atoms with van der Waals surface area (Å²) in [6, 6.07) is 17.5. The lowest BCUT2D eigenvalue weighted by atomic mass is 9.85. The summed E-state index contributed by atoms with van der Waals surface area (Å²) in [6.07, 6.45) is 6.82. The number of hydrogen-bond donors (Lipinski definition) is 1. The molecule has 25 heavy (non-hydrogen) atoms. The zero-order valence-electron chi connectivity index (χ0n) is 14.9. The molecule has 0 saturated heterocycles. The van der Waals surface area contributed by atoms with Gasteiger partial charge in [0.1, 0.15) is 0 Å². The van der Waals surface area contributed by atoms with Crippen LogP contribution in [0.4, 0.5) is 11.4 Å². The fourth-order valence-electron chi connectivity index (χ4n) is 3.69. The summed E-state index contributed by atoms with van der Waals surface area (Å²) in [5.41, 5.74) is 5.37. The number of para-hydroxylation sites is 2. The van der Waals surface area contributed by atoms with Gasteiger partial charge in [-0.25, -0.2) is 0 Å². The van der Waals surface area contributed by atoms with E-state index in [1.54, 1.807) is 0 Å². The van der Waals surface area contributed by atoms with Crippen LogP contribution in [0.2, 0.25) is 0 Å². The van der Waals surface area contributed by atoms with E-state index < -0.39 is 0 Å². The quantitative estimate of drug-likeness (QED) is 0.748. The molecule has 4 rings (SSSR count). The number of allylic oxidation sites excluding steroid dienone is 3. The van der Waals surface area contributed by atoms with Crippen LogP contribution in [0.1, 0.15) is 17.0 Å². The SMILES string of the molecule is CN(C)C1=CC=C[SH]1/C=C/C1c2ccccc2N(C)c2ccccc21. The first-order valence-electron chi connectivity index (χ1n) is 8.61. The van der Waals surface area contributed by atoms with Gasteiger partial charge in [-0.2, -0.15) is 10.9 Å². The van der Waals surface area contributed by atoms with Crippen molar-refractivity contribution in [2.45, 2.75) is 5.92 Å². The van der Waals surface area contributed by atoms with Crippen LogP contribution in [0.3, 0.4) is 0 Å². The van der Waals surface area contributed by atoms with Crippen LogP contribution < -0.4 is 4.90 Å². The zero-order valence-corrected chi connectivity index (χ0v) is 15.8. The minimum Gasteiger partial charge on any atom is -0.373 e. The number of nitrogens with zero attached hydrogens (tertiary/aromatic N) is 2. The highest BCUT2D eigenvalue weighted by Gasteiger charge is 2.26. The summed E-state index contributed by atoms with van der Waals surface area (Å²) < 4.78 is 0. The third kappa shape index (κ3) is 2.79. The van der Waals surface area contributed by atoms with E-state index in [4.69, 9.17) is 0 Å². The Kier molecular flexibility index (Phi) is 4.18. The second kappa shape index (κ2) is 6.49. The van der Waals surface area contributed by atoms with Crippen LogP contribution in [0.25, 0.3) is 0 Å². The van der Waals surface area contributed by atoms with Crippen molar-refractivity contribution in [3.8, 4) is 0 Å². The number of hydrogen-bond acceptors (Lipinski definition) is 2. The number of fused-ring (bicyclic) bond motifs is 2. The number of anilines is 2. The molecule has 0 fully saturated rings. The van der Waals surface area contributed by atoms with Crippen LogP contribution in [0.15, 0.2) is 82.6 Å². The van der Waals surface area contributed by atoms with Crippen molar-refractivity contribution in [3.63, 3.8) is 0 Å². The number of rotatable bonds is 3. The summed E-state index contributed by atoms with van der Waals surface area (Å²) >= 11 is 0. The molecular formula is C22H24N2S. The van der Waals surface area contributed by atoms with E-state index in [0.717, 1.165) is 0 Å². The molecule has 1 unspecified atom stereocenters. The van der Waals surface area contributed by atoms with Crippen molar-refractivity contribution in [2.75, 3.05) is 26.0 Å². The van der Waals surface area contributed by atoms with Crippen LogP contribution in [0, 0.1) is 0 Å². The molecule has 0 amide bonds. The third-order valence-electron chi connectivity index (χ3n) is 4.92. The maximum atomic E-state index is 2.41. The van der Waals surface area contributed by atoms with E-state index in [2.05, 4.69) is 109 Å². The molecule has 2 nitrogen and oxygen atoms in total. The van der Waals surface area contributed by atoms with Gasteiger partial charge < -0.3 is 9.80 Å². The summed E-state index contributed by atoms with van der Waals surface area (Å²) in [7, 11) is 6.07. The molecular weight excluding hydrogens is 324 g/mol. The zero-order chi connectivity index (χ0) is 17.4. The highest BCUT2D eigenvalue weighted by molar-refractivity contribution is 8.25. The third-order valence-corrected chi connectivity index (χ3v) is 6.98. The Bertz CT molecular complexity index is 832. The standard InChI is InChI=1S/C22H24N2S/c1-23(2)22-13-8-15-25(22)16-14-17-18-9-4-6-11-20(18)24(3)21-12-7-5-10-19(17)21/h4-17,25H,1-3H3/b16-14+. The first kappa shape index (κ1) is 16.1. The predicted octanol–water partition coefficient (Wildman–Crippen LogP) is 5.35. The topological polar surface area (TPSA) is 6.48 Å². The second-order valence-corrected chi connectivity index (χ2v) is 8.53. The average molecular weight is 349 g/mol. The Morgan fingerprint density at radius 1 is 0.960 bits per heavy atom. The second-order valence-electron chi connectivity index (χ2n) is 6.66. The van der Waals surface area contributed by atoms with Gasteiger partial charge in [-0.3, -0.25) is 0 Å². The van der Waals surface area contributed by atoms with Gasteiger partial charge in [0.05, 0.1) is 5.03 Å². The van der Waals surface area contributed by atoms with Gasteiger partial charge in [0.25, 0.3) is 0 Å². The highest BCUT2D eigenvalue weighted by Crippen LogP contribution is 2.48. The van der Waals surface area contributed by atoms with Crippen molar-refractivity contribution >= 4 is 22.3 Å². The first-order valence-corrected chi connectivity index (χ1v) is 10.1. The van der Waals surface area contributed by atoms with E-state index in [9.17, 15) is 0 Å². The number of thiol groups is 1. The fraction of sp³-hybridized carbons (Fsp3) is 0.182. The molecule has 0 radical (unpaired) electrons. The largest absolute Gasteiger partial charge is 0.373 e. The normalized spacial score (nSPS) is 20.5. The molecule has 2 aromatic carbocycles. The van der Waals surface area contributed by atoms with E-state index in [0.29, 0.717) is 5.92 Å². The molecule has 2 aliphatic heterocycles. The monoisotopic (exact) mass is 348 g/mol. The van der Waals surface area contributed by atoms with E-state index in [1.807, 2.05) is 0 Å². The van der Waals surface area contributed by atoms with Crippen molar-refractivity contribution < 1.29 is 0 Å². The Hall–Kier alpha value is -2.39. The smallest absolute Gasteiger partial charge is 0.0574 e. The molecule has 0 spiro atoms. The molecule has 2 heterocycles. The molecule has 2 aromatic rings. The summed E-state index contributed by atoms with van der Waals surface area (Å²) in [5.74, 6) is 0.309. The Balaban J connectivity index is 1.75. The Labute approximate surface area is 153 Å². The van der Waals surface area contributed by atoms with Crippen LogP contribution in [0.5, 0.6) is 0 Å². The average Bonchev–Trinajstić information content (AvgIpc) is 3.11. The van der Waals surface area contributed by atoms with Gasteiger partial charge >= 0.3 is 0 Å². The molecule has 2 aliphatic rings. The Morgan fingerprint density at radius 2 is 1.56 bits per heavy atom. The van der Waals surface area contributed by atoms with Gasteiger partial charge in [-0.15, -0.1) is 0 Å². The molecule has 1 atom stereocenters. The van der Waals surface area contributed by atoms with Crippen molar-refractivity contribution in [3.05, 3.63) is 93.7 Å². The molecule has 0 saturated carbocycles. The lowest BCUT2D eigenvalue weighted by molar-refractivity contribution is 0.550. The van der Waals surface area contributed by atoms with E-state index in [1.165, 1.54) is 27.5 Å². The maximum absolute atomic E-state index is 2.41. The first-order chi connectivity index (χ1) is 12.2. The summed E-state index contributed by atoms with van der Waals surface area (Å²) in [5, 5.41) is 6.14. The number of benzene rings is 2. The predicted molar refractivity (Wildman–Crippen MR) is 112 cm³/mol. The van der Waals surface area contributed by atoms with Crippen LogP contribution >= 0.6 is 10.9 Å². The minimum atomic E-state index is -0.350. The maximum Gasteiger partial charge on any atom is 0.0574 e. The molecule has 128 valence electrons. The van der Waals surface area contributed by atoms with Gasteiger partial charge in [-0.05, 0) is 40.2 Å². The Morgan fingerprint density at radius 3 is 2.16 bits per heavy atom. The molecule has 0 aliphatic carbocycles. The molecule has 0 N–H and O–H groups in total. The lowest BCUT2D eigenvalue weighted by Crippen LogP contribution is -2.20. The van der Waals surface area contributed by atoms with Crippen molar-refractivity contribution in [1.29, 1.82) is 0 Å². The van der Waals surface area contributed by atoms with Crippen LogP contribution in [-0.4, -0.2) is 26.0 Å². The fourth-order valence-corrected chi connectivity index (χ4v) is 5.44. The lowest BCUT2D eigenvalue weighted by Gasteiger charge is -2.34. The van der Waals surface area contributed by atoms with Gasteiger partial charge in [0, 0.05) is 38.4 Å². The molecule has 0 aromatic heterocycles. The molecule has 0 bridgehead atoms. The van der Waals surface area contributed by atoms with Gasteiger partial charge in [-0.1, -0.05) is 48.6 Å². The van der Waals surface area contributed by atoms with Crippen molar-refractivity contribution in [1.82, 2.24) is 4.90 Å². The minimum absolute atomic E-state index is 0.309. The molecule has 3 heteroatoms. The van der Waals surface area contributed by atoms with Crippen LogP contribution in [-0.2, 0) is 0 Å². The van der Waals surface area contributed by atoms with E-state index >= 15 is 0 Å². The summed E-state index contributed by atoms with van der Waals surface area (Å²) in [4.78, 5) is 4.54. The van der Waals surface area contributed by atoms with E-state index in [-0.39, 0.29) is 10.9 Å². The highest BCUT2D eigenvalue weighted by atomic mass is 32.2. The van der Waals surface area contributed by atoms with Crippen molar-refractivity contribution in [2.24, 2.45) is 0 Å². The van der Waals surface area contributed by atoms with Gasteiger partial charge in [0.2, 0.25) is 0 Å².